The number of hydrogen-bond acceptors (Lipinski definition) is 11. The molecule has 1 aliphatic rings. The molecule has 0 spiro atoms. The van der Waals surface area contributed by atoms with Gasteiger partial charge in [0.25, 0.3) is 0 Å². The minimum absolute atomic E-state index is 0.0693. The van der Waals surface area contributed by atoms with Crippen molar-refractivity contribution in [3.63, 3.8) is 0 Å². The van der Waals surface area contributed by atoms with Crippen LogP contribution in [0.5, 0.6) is 0 Å². The summed E-state index contributed by atoms with van der Waals surface area (Å²) in [5, 5.41) is 31.5. The number of allylic oxidation sites excluding steroid dienone is 16. The van der Waals surface area contributed by atoms with E-state index in [0.717, 1.165) is 103 Å². The first kappa shape index (κ1) is 70.7. The number of aliphatic carboxylic acids is 1. The fourth-order valence-corrected chi connectivity index (χ4v) is 8.55. The van der Waals surface area contributed by atoms with Crippen LogP contribution in [0.25, 0.3) is 0 Å². The maximum atomic E-state index is 13.1. The van der Waals surface area contributed by atoms with Crippen LogP contribution in [0, 0.1) is 0 Å². The average molecular weight is 1080 g/mol. The van der Waals surface area contributed by atoms with Crippen molar-refractivity contribution in [3.8, 4) is 0 Å². The summed E-state index contributed by atoms with van der Waals surface area (Å²) in [7, 11) is 0. The van der Waals surface area contributed by atoms with Crippen molar-refractivity contribution in [2.24, 2.45) is 0 Å². The van der Waals surface area contributed by atoms with Gasteiger partial charge in [-0.1, -0.05) is 234 Å². The summed E-state index contributed by atoms with van der Waals surface area (Å²) in [5.41, 5.74) is 0. The third kappa shape index (κ3) is 42.3. The van der Waals surface area contributed by atoms with Crippen molar-refractivity contribution < 1.29 is 58.2 Å². The minimum atomic E-state index is -1.93. The van der Waals surface area contributed by atoms with E-state index in [1.807, 2.05) is 18.2 Å². The highest BCUT2D eigenvalue weighted by atomic mass is 16.7. The van der Waals surface area contributed by atoms with E-state index in [1.165, 1.54) is 70.6 Å². The van der Waals surface area contributed by atoms with Crippen molar-refractivity contribution in [2.45, 2.75) is 276 Å². The zero-order valence-electron chi connectivity index (χ0n) is 48.2. The first-order chi connectivity index (χ1) is 37.6. The number of carboxylic acids is 1. The van der Waals surface area contributed by atoms with Crippen molar-refractivity contribution in [3.05, 3.63) is 97.2 Å². The largest absolute Gasteiger partial charge is 0.479 e. The van der Waals surface area contributed by atoms with Crippen LogP contribution in [0.3, 0.4) is 0 Å². The normalized spacial score (nSPS) is 18.7. The van der Waals surface area contributed by atoms with Gasteiger partial charge in [-0.15, -0.1) is 0 Å². The zero-order chi connectivity index (χ0) is 56.1. The van der Waals surface area contributed by atoms with Gasteiger partial charge in [0.15, 0.2) is 24.6 Å². The molecule has 12 nitrogen and oxygen atoms in total. The van der Waals surface area contributed by atoms with E-state index in [2.05, 4.69) is 99.8 Å². The Bertz CT molecular complexity index is 1710. The van der Waals surface area contributed by atoms with Crippen molar-refractivity contribution in [1.29, 1.82) is 0 Å². The molecule has 6 atom stereocenters. The summed E-state index contributed by atoms with van der Waals surface area (Å²) in [4.78, 5) is 51.1. The third-order valence-corrected chi connectivity index (χ3v) is 13.1. The lowest BCUT2D eigenvalue weighted by Crippen LogP contribution is -2.61. The lowest BCUT2D eigenvalue weighted by molar-refractivity contribution is -0.301. The van der Waals surface area contributed by atoms with Gasteiger partial charge < -0.3 is 39.0 Å². The Kier molecular flexibility index (Phi) is 48.0. The van der Waals surface area contributed by atoms with E-state index < -0.39 is 67.3 Å². The number of rotatable bonds is 50. The second-order valence-corrected chi connectivity index (χ2v) is 20.3. The highest BCUT2D eigenvalue weighted by Gasteiger charge is 2.50. The molecule has 438 valence electrons. The Balaban J connectivity index is 2.73. The van der Waals surface area contributed by atoms with Gasteiger partial charge in [-0.25, -0.2) is 4.79 Å². The molecule has 1 aliphatic heterocycles. The summed E-state index contributed by atoms with van der Waals surface area (Å²) in [6.45, 7) is 5.78. The van der Waals surface area contributed by atoms with Crippen LogP contribution in [0.4, 0.5) is 0 Å². The van der Waals surface area contributed by atoms with E-state index in [-0.39, 0.29) is 25.9 Å². The predicted molar refractivity (Wildman–Crippen MR) is 312 cm³/mol. The fourth-order valence-electron chi connectivity index (χ4n) is 8.55. The van der Waals surface area contributed by atoms with E-state index in [0.29, 0.717) is 25.7 Å². The van der Waals surface area contributed by atoms with Crippen LogP contribution in [-0.4, -0.2) is 89.2 Å². The van der Waals surface area contributed by atoms with Gasteiger partial charge in [0, 0.05) is 19.3 Å². The van der Waals surface area contributed by atoms with Crippen molar-refractivity contribution in [2.75, 3.05) is 13.2 Å². The molecule has 1 rings (SSSR count). The first-order valence-corrected chi connectivity index (χ1v) is 30.2. The minimum Gasteiger partial charge on any atom is -0.479 e. The van der Waals surface area contributed by atoms with Crippen LogP contribution in [-0.2, 0) is 42.9 Å². The molecule has 0 aromatic rings. The maximum Gasteiger partial charge on any atom is 0.335 e. The molecule has 1 fully saturated rings. The third-order valence-electron chi connectivity index (χ3n) is 13.1. The number of aliphatic hydroxyl groups excluding tert-OH is 2. The maximum absolute atomic E-state index is 13.1. The molecule has 0 saturated carbocycles. The Morgan fingerprint density at radius 1 is 0.442 bits per heavy atom. The molecule has 0 aliphatic carbocycles. The molecule has 0 amide bonds. The van der Waals surface area contributed by atoms with Gasteiger partial charge in [0.2, 0.25) is 0 Å². The van der Waals surface area contributed by atoms with Crippen LogP contribution in [0.1, 0.15) is 239 Å². The molecule has 12 heteroatoms. The van der Waals surface area contributed by atoms with Gasteiger partial charge >= 0.3 is 23.9 Å². The molecule has 77 heavy (non-hydrogen) atoms. The second kappa shape index (κ2) is 52.3. The summed E-state index contributed by atoms with van der Waals surface area (Å²) < 4.78 is 28.3. The number of carbonyl (C=O) groups is 4. The molecule has 3 N–H and O–H groups in total. The lowest BCUT2D eigenvalue weighted by Gasteiger charge is -2.40. The Morgan fingerprint density at radius 2 is 0.870 bits per heavy atom. The molecule has 0 aromatic heterocycles. The number of carboxylic acid groups (broad SMARTS) is 1. The number of esters is 3. The standard InChI is InChI=1S/C65H106O12/c1-4-7-10-13-16-19-22-25-27-28-29-30-32-35-38-41-44-47-50-53-59(68)76-63-61(70)60(69)62(64(71)72)77-65(63)74-55-56(75-58(67)52-49-46-43-40-37-33-24-21-18-15-12-9-6-3)54-73-57(66)51-48-45-42-39-36-34-31-26-23-20-17-14-11-8-5-2/h7,10,12,15-16,19,21,24-25,27,29-30,35,38,44,47,56,60-63,65,69-70H,4-6,8-9,11,13-14,17-18,20,22-23,26,28,31-34,36-37,39-43,45-46,48-55H2,1-3H3,(H,71,72)/b10-7-,15-12-,19-16-,24-21-,27-25-,30-29-,38-35-,47-44-. The van der Waals surface area contributed by atoms with Gasteiger partial charge in [0.05, 0.1) is 6.61 Å². The topological polar surface area (TPSA) is 175 Å². The van der Waals surface area contributed by atoms with Crippen molar-refractivity contribution >= 4 is 23.9 Å². The SMILES string of the molecule is CC/C=C\C/C=C\C/C=C\C/C=C\C/C=C\C/C=C\CCC(=O)OC1C(OCC(COC(=O)CCCCCCCCCCCCCCCCC)OC(=O)CCCCCCC/C=C\C/C=C\CCC)OC(C(=O)O)C(O)C1O. The summed E-state index contributed by atoms with van der Waals surface area (Å²) in [5.74, 6) is -3.25. The van der Waals surface area contributed by atoms with Gasteiger partial charge in [0.1, 0.15) is 18.8 Å². The highest BCUT2D eigenvalue weighted by Crippen LogP contribution is 2.26. The highest BCUT2D eigenvalue weighted by molar-refractivity contribution is 5.74. The number of aliphatic hydroxyl groups is 2. The Hall–Kier alpha value is -4.36. The van der Waals surface area contributed by atoms with E-state index in [1.54, 1.807) is 0 Å². The van der Waals surface area contributed by atoms with Crippen LogP contribution in [0.15, 0.2) is 97.2 Å². The quantitative estimate of drug-likeness (QED) is 0.0228. The molecule has 1 heterocycles. The molecular weight excluding hydrogens is 973 g/mol. The smallest absolute Gasteiger partial charge is 0.335 e. The van der Waals surface area contributed by atoms with Crippen molar-refractivity contribution in [1.82, 2.24) is 0 Å². The van der Waals surface area contributed by atoms with Crippen LogP contribution >= 0.6 is 0 Å². The molecule has 0 bridgehead atoms. The lowest BCUT2D eigenvalue weighted by atomic mass is 9.98. The number of ether oxygens (including phenoxy) is 5. The number of hydrogen-bond donors (Lipinski definition) is 3. The average Bonchev–Trinajstić information content (AvgIpc) is 3.42. The van der Waals surface area contributed by atoms with E-state index >= 15 is 0 Å². The van der Waals surface area contributed by atoms with E-state index in [4.69, 9.17) is 23.7 Å². The fraction of sp³-hybridized carbons (Fsp3) is 0.692. The van der Waals surface area contributed by atoms with Gasteiger partial charge in [-0.3, -0.25) is 14.4 Å². The van der Waals surface area contributed by atoms with Gasteiger partial charge in [-0.2, -0.15) is 0 Å². The summed E-state index contributed by atoms with van der Waals surface area (Å²) in [6, 6.07) is 0. The molecular formula is C65H106O12. The molecule has 0 aromatic carbocycles. The zero-order valence-corrected chi connectivity index (χ0v) is 48.2. The molecule has 0 radical (unpaired) electrons. The molecule has 1 saturated heterocycles. The van der Waals surface area contributed by atoms with Crippen LogP contribution < -0.4 is 0 Å². The van der Waals surface area contributed by atoms with Crippen LogP contribution in [0.2, 0.25) is 0 Å². The Morgan fingerprint density at radius 3 is 1.35 bits per heavy atom. The number of unbranched alkanes of at least 4 members (excludes halogenated alkanes) is 20. The second-order valence-electron chi connectivity index (χ2n) is 20.3. The Labute approximate surface area is 466 Å². The predicted octanol–water partition coefficient (Wildman–Crippen LogP) is 15.7. The van der Waals surface area contributed by atoms with E-state index in [9.17, 15) is 34.5 Å². The molecule has 6 unspecified atom stereocenters. The first-order valence-electron chi connectivity index (χ1n) is 30.2. The summed E-state index contributed by atoms with van der Waals surface area (Å²) >= 11 is 0. The van der Waals surface area contributed by atoms with Gasteiger partial charge in [-0.05, 0) is 83.5 Å². The summed E-state index contributed by atoms with van der Waals surface area (Å²) in [6.07, 6.45) is 56.7. The number of carbonyl (C=O) groups excluding carboxylic acids is 3. The monoisotopic (exact) mass is 1080 g/mol.